The van der Waals surface area contributed by atoms with E-state index in [0.717, 1.165) is 25.5 Å². The molecule has 0 radical (unpaired) electrons. The first-order chi connectivity index (χ1) is 21.4. The van der Waals surface area contributed by atoms with E-state index in [2.05, 4.69) is 20.9 Å². The smallest absolute Gasteiger partial charge is 0.272 e. The van der Waals surface area contributed by atoms with Crippen LogP contribution in [0.5, 0.6) is 5.75 Å². The average Bonchev–Trinajstić information content (AvgIpc) is 3.56. The number of ether oxygens (including phenoxy) is 1. The summed E-state index contributed by atoms with van der Waals surface area (Å²) in [6.45, 7) is 0.0860. The second kappa shape index (κ2) is 13.7. The average molecular weight is 684 g/mol. The Kier molecular flexibility index (Phi) is 9.97. The van der Waals surface area contributed by atoms with Crippen molar-refractivity contribution < 1.29 is 27.5 Å². The highest BCUT2D eigenvalue weighted by molar-refractivity contribution is 6.39. The number of likely N-dealkylation sites (N-methyl/N-ethyl adjacent to an activating group) is 1. The molecule has 3 aromatic carbocycles. The van der Waals surface area contributed by atoms with Crippen LogP contribution in [0.25, 0.3) is 11.0 Å². The minimum absolute atomic E-state index is 0.0851. The molecule has 1 unspecified atom stereocenters. The number of carbonyl (C=O) groups is 2. The summed E-state index contributed by atoms with van der Waals surface area (Å²) in [6, 6.07) is 9.57. The zero-order valence-corrected chi connectivity index (χ0v) is 26.3. The minimum Gasteiger partial charge on any atom is -0.487 e. The summed E-state index contributed by atoms with van der Waals surface area (Å²) in [5.74, 6) is -1.32. The lowest BCUT2D eigenvalue weighted by atomic mass is 10.1. The zero-order valence-electron chi connectivity index (χ0n) is 24.1. The monoisotopic (exact) mass is 682 g/mol. The van der Waals surface area contributed by atoms with E-state index in [1.54, 1.807) is 23.7 Å². The molecule has 238 valence electrons. The highest BCUT2D eigenvalue weighted by atomic mass is 35.5. The van der Waals surface area contributed by atoms with Crippen molar-refractivity contribution in [3.05, 3.63) is 74.5 Å². The van der Waals surface area contributed by atoms with E-state index in [-0.39, 0.29) is 56.5 Å². The van der Waals surface area contributed by atoms with Gasteiger partial charge in [0.2, 0.25) is 11.9 Å². The number of rotatable bonds is 10. The maximum Gasteiger partial charge on any atom is 0.272 e. The van der Waals surface area contributed by atoms with Gasteiger partial charge in [-0.1, -0.05) is 40.9 Å². The summed E-state index contributed by atoms with van der Waals surface area (Å²) in [6.07, 6.45) is -1.05. The van der Waals surface area contributed by atoms with Gasteiger partial charge in [0.05, 0.1) is 43.4 Å². The molecule has 45 heavy (non-hydrogen) atoms. The van der Waals surface area contributed by atoms with E-state index in [4.69, 9.17) is 39.5 Å². The Hall–Kier alpha value is -3.71. The van der Waals surface area contributed by atoms with Crippen molar-refractivity contribution in [2.75, 3.05) is 30.8 Å². The highest BCUT2D eigenvalue weighted by Gasteiger charge is 2.28. The first kappa shape index (κ1) is 32.7. The van der Waals surface area contributed by atoms with Crippen LogP contribution in [0.1, 0.15) is 28.8 Å². The molecule has 9 nitrogen and oxygen atoms in total. The van der Waals surface area contributed by atoms with E-state index in [0.29, 0.717) is 22.3 Å². The molecule has 4 aromatic rings. The van der Waals surface area contributed by atoms with E-state index >= 15 is 0 Å². The lowest BCUT2D eigenvalue weighted by molar-refractivity contribution is -0.125. The van der Waals surface area contributed by atoms with Crippen molar-refractivity contribution in [3.8, 4) is 5.75 Å². The van der Waals surface area contributed by atoms with Gasteiger partial charge in [0.1, 0.15) is 18.2 Å². The number of likely N-dealkylation sites (tertiary alicyclic amines) is 1. The number of nitrogens with zero attached hydrogens (tertiary/aromatic N) is 3. The Morgan fingerprint density at radius 3 is 2.56 bits per heavy atom. The van der Waals surface area contributed by atoms with Crippen LogP contribution in [0.3, 0.4) is 0 Å². The molecular weight excluding hydrogens is 656 g/mol. The van der Waals surface area contributed by atoms with Gasteiger partial charge in [-0.25, -0.2) is 18.2 Å². The number of imidazole rings is 1. The third-order valence-electron chi connectivity index (χ3n) is 7.45. The summed E-state index contributed by atoms with van der Waals surface area (Å²) in [5, 5.41) is 8.97. The van der Waals surface area contributed by atoms with Crippen LogP contribution in [0, 0.1) is 5.82 Å². The van der Waals surface area contributed by atoms with Crippen LogP contribution in [-0.4, -0.2) is 58.9 Å². The van der Waals surface area contributed by atoms with Crippen molar-refractivity contribution in [1.82, 2.24) is 19.8 Å². The standard InChI is InChI=1S/C30H28Cl3F3N6O3/c1-41-9-3-4-22(41)29(44)37-13-15-5-7-18(31)27(26(15)33)40-30-39-21-11-17(24(45-14-25(35)36)12-23(21)42(30)2)28(43)38-16-6-8-20(34)19(32)10-16/h5-8,10-12,22,25H,3-4,9,13-14H2,1-2H3,(H,37,44)(H,38,43)(H,39,40). The molecule has 1 aromatic heterocycles. The maximum atomic E-state index is 13.6. The van der Waals surface area contributed by atoms with Crippen LogP contribution >= 0.6 is 34.8 Å². The van der Waals surface area contributed by atoms with E-state index in [1.165, 1.54) is 24.3 Å². The second-order valence-electron chi connectivity index (χ2n) is 10.5. The van der Waals surface area contributed by atoms with E-state index in [1.807, 2.05) is 11.9 Å². The Morgan fingerprint density at radius 1 is 1.09 bits per heavy atom. The Morgan fingerprint density at radius 2 is 1.87 bits per heavy atom. The molecule has 1 aliphatic rings. The van der Waals surface area contributed by atoms with E-state index in [9.17, 15) is 22.8 Å². The van der Waals surface area contributed by atoms with Gasteiger partial charge in [0.15, 0.2) is 0 Å². The van der Waals surface area contributed by atoms with Gasteiger partial charge in [-0.3, -0.25) is 14.5 Å². The number of nitrogens with one attached hydrogen (secondary N) is 3. The zero-order chi connectivity index (χ0) is 32.4. The number of carbonyl (C=O) groups excluding carboxylic acids is 2. The largest absolute Gasteiger partial charge is 0.487 e. The molecule has 1 fully saturated rings. The number of benzene rings is 3. The van der Waals surface area contributed by atoms with Gasteiger partial charge in [0.25, 0.3) is 12.3 Å². The van der Waals surface area contributed by atoms with Crippen molar-refractivity contribution in [2.45, 2.75) is 31.9 Å². The van der Waals surface area contributed by atoms with Gasteiger partial charge in [-0.05, 0) is 62.3 Å². The molecule has 0 spiro atoms. The molecule has 2 heterocycles. The Balaban J connectivity index is 1.43. The number of amides is 2. The molecule has 1 atom stereocenters. The Bertz CT molecular complexity index is 1770. The molecule has 0 bridgehead atoms. The predicted octanol–water partition coefficient (Wildman–Crippen LogP) is 7.02. The van der Waals surface area contributed by atoms with Crippen LogP contribution in [0.15, 0.2) is 42.5 Å². The van der Waals surface area contributed by atoms with Crippen LogP contribution < -0.4 is 20.7 Å². The molecule has 1 saturated heterocycles. The predicted molar refractivity (Wildman–Crippen MR) is 169 cm³/mol. The summed E-state index contributed by atoms with van der Waals surface area (Å²) >= 11 is 19.0. The van der Waals surface area contributed by atoms with Crippen LogP contribution in [0.2, 0.25) is 15.1 Å². The lowest BCUT2D eigenvalue weighted by Gasteiger charge is -2.19. The quantitative estimate of drug-likeness (QED) is 0.166. The van der Waals surface area contributed by atoms with Gasteiger partial charge in [0, 0.05) is 25.3 Å². The molecule has 3 N–H and O–H groups in total. The first-order valence-electron chi connectivity index (χ1n) is 13.8. The van der Waals surface area contributed by atoms with Crippen molar-refractivity contribution in [3.63, 3.8) is 0 Å². The topological polar surface area (TPSA) is 101 Å². The number of fused-ring (bicyclic) bond motifs is 1. The highest BCUT2D eigenvalue weighted by Crippen LogP contribution is 2.37. The fourth-order valence-corrected chi connectivity index (χ4v) is 5.77. The summed E-state index contributed by atoms with van der Waals surface area (Å²) in [4.78, 5) is 32.5. The van der Waals surface area contributed by atoms with E-state index < -0.39 is 24.8 Å². The Labute approximate surface area is 271 Å². The maximum absolute atomic E-state index is 13.6. The summed E-state index contributed by atoms with van der Waals surface area (Å²) in [5.41, 5.74) is 1.82. The molecule has 0 saturated carbocycles. The fourth-order valence-electron chi connectivity index (χ4n) is 5.05. The molecule has 0 aliphatic carbocycles. The van der Waals surface area contributed by atoms with Gasteiger partial charge >= 0.3 is 0 Å². The fraction of sp³-hybridized carbons (Fsp3) is 0.300. The number of hydrogen-bond acceptors (Lipinski definition) is 6. The van der Waals surface area contributed by atoms with Gasteiger partial charge < -0.3 is 25.3 Å². The third-order valence-corrected chi connectivity index (χ3v) is 8.49. The number of aryl methyl sites for hydroxylation is 1. The normalized spacial score (nSPS) is 15.1. The summed E-state index contributed by atoms with van der Waals surface area (Å²) < 4.78 is 46.6. The SMILES string of the molecule is CN1CCCC1C(=O)NCc1ccc(Cl)c(Nc2nc3cc(C(=O)Nc4ccc(F)c(Cl)c4)c(OCC(F)F)cc3n2C)c1Cl. The summed E-state index contributed by atoms with van der Waals surface area (Å²) in [7, 11) is 3.58. The number of hydrogen-bond donors (Lipinski definition) is 3. The van der Waals surface area contributed by atoms with Crippen molar-refractivity contribution >= 4 is 75.0 Å². The molecule has 5 rings (SSSR count). The molecule has 1 aliphatic heterocycles. The first-order valence-corrected chi connectivity index (χ1v) is 15.0. The van der Waals surface area contributed by atoms with Crippen molar-refractivity contribution in [1.29, 1.82) is 0 Å². The van der Waals surface area contributed by atoms with Gasteiger partial charge in [-0.15, -0.1) is 0 Å². The number of halogens is 6. The second-order valence-corrected chi connectivity index (χ2v) is 11.7. The van der Waals surface area contributed by atoms with Crippen LogP contribution in [0.4, 0.5) is 30.5 Å². The minimum atomic E-state index is -2.79. The number of aromatic nitrogens is 2. The van der Waals surface area contributed by atoms with Crippen LogP contribution in [-0.2, 0) is 18.4 Å². The third kappa shape index (κ3) is 7.25. The van der Waals surface area contributed by atoms with Gasteiger partial charge in [-0.2, -0.15) is 0 Å². The molecular formula is C30H28Cl3F3N6O3. The molecule has 15 heteroatoms. The number of anilines is 3. The lowest BCUT2D eigenvalue weighted by Crippen LogP contribution is -2.41. The molecule has 2 amide bonds. The van der Waals surface area contributed by atoms with Crippen molar-refractivity contribution in [2.24, 2.45) is 7.05 Å². The number of alkyl halides is 2.